The van der Waals surface area contributed by atoms with Crippen LogP contribution in [-0.2, 0) is 5.75 Å². The van der Waals surface area contributed by atoms with Crippen LogP contribution in [0.1, 0.15) is 36.3 Å². The fraction of sp³-hybridized carbons (Fsp3) is 0.391. The molecule has 3 aromatic rings. The van der Waals surface area contributed by atoms with Gasteiger partial charge in [0.25, 0.3) is 5.91 Å². The van der Waals surface area contributed by atoms with Crippen LogP contribution in [0.15, 0.2) is 59.8 Å². The third-order valence-electron chi connectivity index (χ3n) is 5.16. The Morgan fingerprint density at radius 1 is 1.20 bits per heavy atom. The first-order valence-electron chi connectivity index (χ1n) is 10.4. The van der Waals surface area contributed by atoms with Gasteiger partial charge in [0.05, 0.1) is 18.3 Å². The number of aliphatic hydroxyl groups is 1. The van der Waals surface area contributed by atoms with E-state index in [9.17, 15) is 9.90 Å². The fourth-order valence-corrected chi connectivity index (χ4v) is 4.05. The number of aromatic nitrogens is 2. The van der Waals surface area contributed by atoms with Crippen molar-refractivity contribution in [1.82, 2.24) is 19.6 Å². The van der Waals surface area contributed by atoms with Crippen molar-refractivity contribution in [2.75, 3.05) is 26.2 Å². The number of hydrogen-bond donors (Lipinski definition) is 2. The summed E-state index contributed by atoms with van der Waals surface area (Å²) in [5.41, 5.74) is 2.57. The van der Waals surface area contributed by atoms with Gasteiger partial charge in [0, 0.05) is 35.2 Å². The van der Waals surface area contributed by atoms with Crippen molar-refractivity contribution in [3.63, 3.8) is 0 Å². The summed E-state index contributed by atoms with van der Waals surface area (Å²) in [6, 6.07) is 13.3. The molecule has 0 saturated carbocycles. The van der Waals surface area contributed by atoms with Crippen molar-refractivity contribution in [1.29, 1.82) is 0 Å². The normalized spacial score (nSPS) is 12.4. The average Bonchev–Trinajstić information content (AvgIpc) is 3.20. The summed E-state index contributed by atoms with van der Waals surface area (Å²) in [5.74, 6) is 0.621. The maximum Gasteiger partial charge on any atom is 0.251 e. The van der Waals surface area contributed by atoms with E-state index in [0.717, 1.165) is 48.0 Å². The molecule has 0 fully saturated rings. The number of imidazole rings is 1. The summed E-state index contributed by atoms with van der Waals surface area (Å²) in [7, 11) is 0. The smallest absolute Gasteiger partial charge is 0.251 e. The van der Waals surface area contributed by atoms with Crippen molar-refractivity contribution in [3.8, 4) is 0 Å². The Hall–Kier alpha value is -2.35. The van der Waals surface area contributed by atoms with E-state index in [4.69, 9.17) is 0 Å². The number of thioether (sulfide) groups is 1. The molecule has 0 aliphatic heterocycles. The molecule has 2 N–H and O–H groups in total. The van der Waals surface area contributed by atoms with Crippen LogP contribution in [0.25, 0.3) is 5.65 Å². The molecule has 3 rings (SSSR count). The van der Waals surface area contributed by atoms with Crippen molar-refractivity contribution in [2.24, 2.45) is 0 Å². The van der Waals surface area contributed by atoms with Crippen LogP contribution in [0.2, 0.25) is 0 Å². The molecule has 0 spiro atoms. The first-order valence-corrected chi connectivity index (χ1v) is 11.4. The second-order valence-electron chi connectivity index (χ2n) is 7.18. The Morgan fingerprint density at radius 2 is 1.97 bits per heavy atom. The van der Waals surface area contributed by atoms with Gasteiger partial charge in [-0.05, 0) is 55.9 Å². The number of nitrogens with one attached hydrogen (secondary N) is 1. The molecule has 30 heavy (non-hydrogen) atoms. The van der Waals surface area contributed by atoms with Crippen LogP contribution in [0.4, 0.5) is 0 Å². The Morgan fingerprint density at radius 3 is 2.63 bits per heavy atom. The highest BCUT2D eigenvalue weighted by Gasteiger charge is 2.14. The van der Waals surface area contributed by atoms with Crippen LogP contribution in [0.3, 0.4) is 0 Å². The summed E-state index contributed by atoms with van der Waals surface area (Å²) in [6.07, 6.45) is 4.76. The van der Waals surface area contributed by atoms with E-state index in [1.807, 2.05) is 59.3 Å². The Bertz CT molecular complexity index is 905. The lowest BCUT2D eigenvalue weighted by molar-refractivity contribution is 0.0908. The predicted molar refractivity (Wildman–Crippen MR) is 122 cm³/mol. The minimum absolute atomic E-state index is 0.0556. The lowest BCUT2D eigenvalue weighted by atomic mass is 10.1. The Kier molecular flexibility index (Phi) is 8.30. The lowest BCUT2D eigenvalue weighted by Crippen LogP contribution is -2.40. The number of rotatable bonds is 11. The first kappa shape index (κ1) is 22.3. The van der Waals surface area contributed by atoms with Gasteiger partial charge in [-0.2, -0.15) is 0 Å². The second-order valence-corrected chi connectivity index (χ2v) is 8.23. The van der Waals surface area contributed by atoms with Crippen LogP contribution < -0.4 is 5.32 Å². The number of benzene rings is 1. The van der Waals surface area contributed by atoms with Gasteiger partial charge in [0.2, 0.25) is 0 Å². The van der Waals surface area contributed by atoms with Crippen molar-refractivity contribution in [2.45, 2.75) is 37.0 Å². The van der Waals surface area contributed by atoms with Gasteiger partial charge in [-0.3, -0.25) is 4.79 Å². The Labute approximate surface area is 182 Å². The number of aliphatic hydroxyl groups excluding tert-OH is 1. The van der Waals surface area contributed by atoms with Crippen molar-refractivity contribution in [3.05, 3.63) is 66.1 Å². The lowest BCUT2D eigenvalue weighted by Gasteiger charge is -2.22. The van der Waals surface area contributed by atoms with E-state index in [1.165, 1.54) is 0 Å². The third-order valence-corrected chi connectivity index (χ3v) is 6.21. The zero-order valence-electron chi connectivity index (χ0n) is 17.6. The number of nitrogens with zero attached hydrogens (tertiary/aromatic N) is 3. The maximum atomic E-state index is 12.5. The quantitative estimate of drug-likeness (QED) is 0.460. The van der Waals surface area contributed by atoms with E-state index in [0.29, 0.717) is 5.56 Å². The predicted octanol–water partition coefficient (Wildman–Crippen LogP) is 3.45. The highest BCUT2D eigenvalue weighted by molar-refractivity contribution is 7.98. The molecular weight excluding hydrogens is 396 g/mol. The van der Waals surface area contributed by atoms with Gasteiger partial charge in [-0.15, -0.1) is 11.8 Å². The van der Waals surface area contributed by atoms with E-state index < -0.39 is 0 Å². The highest BCUT2D eigenvalue weighted by atomic mass is 32.2. The van der Waals surface area contributed by atoms with Crippen molar-refractivity contribution >= 4 is 23.3 Å². The topological polar surface area (TPSA) is 69.9 Å². The summed E-state index contributed by atoms with van der Waals surface area (Å²) in [5, 5.41) is 12.6. The number of hydrogen-bond acceptors (Lipinski definition) is 5. The zero-order chi connectivity index (χ0) is 21.3. The number of carbonyl (C=O) groups excluding carboxylic acids is 1. The molecule has 1 aromatic carbocycles. The summed E-state index contributed by atoms with van der Waals surface area (Å²) in [6.45, 7) is 6.97. The molecule has 1 amide bonds. The van der Waals surface area contributed by atoms with Crippen LogP contribution in [0.5, 0.6) is 0 Å². The minimum Gasteiger partial charge on any atom is -0.394 e. The van der Waals surface area contributed by atoms with E-state index in [-0.39, 0.29) is 18.6 Å². The number of amides is 1. The van der Waals surface area contributed by atoms with Gasteiger partial charge in [-0.1, -0.05) is 19.9 Å². The average molecular weight is 427 g/mol. The molecular formula is C23H30N4O2S. The fourth-order valence-electron chi connectivity index (χ4n) is 3.27. The third kappa shape index (κ3) is 6.08. The molecule has 7 heteroatoms. The number of pyridine rings is 1. The summed E-state index contributed by atoms with van der Waals surface area (Å²) in [4.78, 5) is 20.5. The van der Waals surface area contributed by atoms with Gasteiger partial charge < -0.3 is 19.7 Å². The van der Waals surface area contributed by atoms with E-state index >= 15 is 0 Å². The number of fused-ring (bicyclic) bond motifs is 1. The molecule has 2 aromatic heterocycles. The zero-order valence-corrected chi connectivity index (χ0v) is 18.4. The Balaban J connectivity index is 1.51. The highest BCUT2D eigenvalue weighted by Crippen LogP contribution is 2.23. The monoisotopic (exact) mass is 426 g/mol. The largest absolute Gasteiger partial charge is 0.394 e. The summed E-state index contributed by atoms with van der Waals surface area (Å²) < 4.78 is 2.02. The minimum atomic E-state index is -0.234. The van der Waals surface area contributed by atoms with Crippen LogP contribution in [0, 0.1) is 0 Å². The van der Waals surface area contributed by atoms with Crippen LogP contribution >= 0.6 is 11.8 Å². The van der Waals surface area contributed by atoms with Crippen molar-refractivity contribution < 1.29 is 9.90 Å². The molecule has 6 nitrogen and oxygen atoms in total. The first-order chi connectivity index (χ1) is 14.6. The SMILES string of the molecule is CCN(CC)CC[C@@H](CO)NC(=O)c1ccc(SCc2cn3ccccc3n2)cc1. The molecule has 160 valence electrons. The standard InChI is InChI=1S/C23H30N4O2S/c1-3-26(4-2)14-12-19(16-28)25-23(29)18-8-10-21(11-9-18)30-17-20-15-27-13-6-5-7-22(27)24-20/h5-11,13,15,19,28H,3-4,12,14,16-17H2,1-2H3,(H,25,29)/t19-/m0/s1. The van der Waals surface area contributed by atoms with Gasteiger partial charge >= 0.3 is 0 Å². The van der Waals surface area contributed by atoms with Gasteiger partial charge in [-0.25, -0.2) is 4.98 Å². The number of carbonyl (C=O) groups is 1. The van der Waals surface area contributed by atoms with E-state index in [2.05, 4.69) is 29.0 Å². The molecule has 0 aliphatic rings. The molecule has 0 radical (unpaired) electrons. The van der Waals surface area contributed by atoms with Gasteiger partial charge in [0.15, 0.2) is 0 Å². The molecule has 0 saturated heterocycles. The maximum absolute atomic E-state index is 12.5. The van der Waals surface area contributed by atoms with Crippen LogP contribution in [-0.4, -0.2) is 57.6 Å². The summed E-state index contributed by atoms with van der Waals surface area (Å²) >= 11 is 1.69. The molecule has 1 atom stereocenters. The van der Waals surface area contributed by atoms with Gasteiger partial charge in [0.1, 0.15) is 5.65 Å². The molecule has 0 aliphatic carbocycles. The molecule has 2 heterocycles. The molecule has 0 bridgehead atoms. The van der Waals surface area contributed by atoms with E-state index in [1.54, 1.807) is 11.8 Å². The second kappa shape index (κ2) is 11.2. The molecule has 0 unspecified atom stereocenters.